The van der Waals surface area contributed by atoms with Crippen molar-refractivity contribution in [2.24, 2.45) is 0 Å². The maximum atomic E-state index is 12.5. The van der Waals surface area contributed by atoms with E-state index in [1.54, 1.807) is 55.5 Å². The molecule has 0 amide bonds. The molecule has 0 saturated carbocycles. The first-order valence-electron chi connectivity index (χ1n) is 8.15. The summed E-state index contributed by atoms with van der Waals surface area (Å²) in [6.45, 7) is 1.69. The number of ketones is 3. The average molecular weight is 342 g/mol. The molecule has 2 aromatic rings. The van der Waals surface area contributed by atoms with Crippen molar-refractivity contribution < 1.29 is 19.5 Å². The van der Waals surface area contributed by atoms with Crippen molar-refractivity contribution >= 4 is 23.1 Å². The van der Waals surface area contributed by atoms with Gasteiger partial charge >= 0.3 is 0 Å². The van der Waals surface area contributed by atoms with Gasteiger partial charge < -0.3 is 5.11 Å². The van der Waals surface area contributed by atoms with Crippen LogP contribution in [-0.2, 0) is 0 Å². The minimum atomic E-state index is -0.322. The molecule has 1 N–H and O–H groups in total. The van der Waals surface area contributed by atoms with Gasteiger partial charge in [-0.1, -0.05) is 48.5 Å². The maximum Gasteiger partial charge on any atom is 0.197 e. The smallest absolute Gasteiger partial charge is 0.197 e. The van der Waals surface area contributed by atoms with E-state index in [4.69, 9.17) is 0 Å². The molecule has 126 valence electrons. The number of hydrogen-bond donors (Lipinski definition) is 1. The Kier molecular flexibility index (Phi) is 3.55. The predicted molar refractivity (Wildman–Crippen MR) is 97.3 cm³/mol. The average Bonchev–Trinajstić information content (AvgIpc) is 3.03. The molecule has 0 saturated heterocycles. The number of Topliss-reactive ketones (excluding diaryl/α,β-unsaturated/α-hetero) is 3. The zero-order chi connectivity index (χ0) is 18.4. The van der Waals surface area contributed by atoms with Gasteiger partial charge in [0.2, 0.25) is 0 Å². The number of fused-ring (bicyclic) bond motifs is 2. The van der Waals surface area contributed by atoms with Crippen molar-refractivity contribution in [1.82, 2.24) is 0 Å². The zero-order valence-corrected chi connectivity index (χ0v) is 13.9. The Morgan fingerprint density at radius 1 is 0.769 bits per heavy atom. The van der Waals surface area contributed by atoms with E-state index < -0.39 is 0 Å². The van der Waals surface area contributed by atoms with Crippen LogP contribution in [0, 0.1) is 0 Å². The van der Waals surface area contributed by atoms with Gasteiger partial charge in [-0.2, -0.15) is 0 Å². The van der Waals surface area contributed by atoms with Gasteiger partial charge in [0, 0.05) is 22.3 Å². The van der Waals surface area contributed by atoms with Crippen molar-refractivity contribution in [3.05, 3.63) is 99.7 Å². The first kappa shape index (κ1) is 16.0. The van der Waals surface area contributed by atoms with E-state index in [-0.39, 0.29) is 34.3 Å². The molecule has 0 atom stereocenters. The normalized spacial score (nSPS) is 16.3. The summed E-state index contributed by atoms with van der Waals surface area (Å²) in [7, 11) is 0. The van der Waals surface area contributed by atoms with Gasteiger partial charge in [0.15, 0.2) is 17.3 Å². The van der Waals surface area contributed by atoms with Crippen LogP contribution in [0.1, 0.15) is 43.6 Å². The van der Waals surface area contributed by atoms with E-state index in [1.165, 1.54) is 12.2 Å². The molecule has 4 heteroatoms. The highest BCUT2D eigenvalue weighted by Gasteiger charge is 2.33. The van der Waals surface area contributed by atoms with Gasteiger partial charge in [0.25, 0.3) is 0 Å². The second-order valence-corrected chi connectivity index (χ2v) is 6.29. The highest BCUT2D eigenvalue weighted by atomic mass is 16.3. The van der Waals surface area contributed by atoms with E-state index in [0.717, 1.165) is 0 Å². The molecule has 0 aliphatic heterocycles. The Bertz CT molecular complexity index is 1060. The third-order valence-electron chi connectivity index (χ3n) is 4.58. The SMILES string of the molecule is CC(=CC1=C(O)c2ccccc2C1=O)C=C1C(=O)c2ccccc2C1=O. The fourth-order valence-electron chi connectivity index (χ4n) is 3.32. The monoisotopic (exact) mass is 342 g/mol. The van der Waals surface area contributed by atoms with Crippen LogP contribution in [0.4, 0.5) is 0 Å². The van der Waals surface area contributed by atoms with Crippen LogP contribution < -0.4 is 0 Å². The lowest BCUT2D eigenvalue weighted by Crippen LogP contribution is -2.01. The van der Waals surface area contributed by atoms with E-state index in [9.17, 15) is 19.5 Å². The van der Waals surface area contributed by atoms with Crippen LogP contribution in [0.5, 0.6) is 0 Å². The molecule has 2 aliphatic carbocycles. The summed E-state index contributed by atoms with van der Waals surface area (Å²) in [6.07, 6.45) is 2.98. The number of carbonyl (C=O) groups is 3. The van der Waals surface area contributed by atoms with Crippen LogP contribution in [-0.4, -0.2) is 22.5 Å². The lowest BCUT2D eigenvalue weighted by molar-refractivity contribution is 0.0986. The molecule has 0 heterocycles. The molecule has 4 rings (SSSR count). The van der Waals surface area contributed by atoms with Crippen molar-refractivity contribution in [2.45, 2.75) is 6.92 Å². The van der Waals surface area contributed by atoms with Crippen molar-refractivity contribution in [3.63, 3.8) is 0 Å². The molecule has 0 radical (unpaired) electrons. The van der Waals surface area contributed by atoms with E-state index in [0.29, 0.717) is 27.8 Å². The highest BCUT2D eigenvalue weighted by Crippen LogP contribution is 2.33. The molecule has 2 aliphatic rings. The minimum absolute atomic E-state index is 0.0722. The van der Waals surface area contributed by atoms with Crippen LogP contribution in [0.25, 0.3) is 5.76 Å². The quantitative estimate of drug-likeness (QED) is 0.659. The Balaban J connectivity index is 1.72. The van der Waals surface area contributed by atoms with Crippen molar-refractivity contribution in [2.75, 3.05) is 0 Å². The molecule has 0 fully saturated rings. The molecule has 0 spiro atoms. The largest absolute Gasteiger partial charge is 0.507 e. The molecule has 0 bridgehead atoms. The summed E-state index contributed by atoms with van der Waals surface area (Å²) in [6, 6.07) is 13.5. The maximum absolute atomic E-state index is 12.5. The lowest BCUT2D eigenvalue weighted by atomic mass is 10.0. The summed E-state index contributed by atoms with van der Waals surface area (Å²) in [5.74, 6) is -1.01. The molecular formula is C22H14O4. The lowest BCUT2D eigenvalue weighted by Gasteiger charge is -1.98. The summed E-state index contributed by atoms with van der Waals surface area (Å²) < 4.78 is 0. The number of carbonyl (C=O) groups excluding carboxylic acids is 3. The number of aliphatic hydroxyl groups excluding tert-OH is 1. The van der Waals surface area contributed by atoms with Gasteiger partial charge in [0.05, 0.1) is 11.1 Å². The first-order chi connectivity index (χ1) is 12.5. The summed E-state index contributed by atoms with van der Waals surface area (Å²) >= 11 is 0. The van der Waals surface area contributed by atoms with Crippen LogP contribution in [0.15, 0.2) is 77.4 Å². The van der Waals surface area contributed by atoms with Gasteiger partial charge in [0.1, 0.15) is 5.76 Å². The second-order valence-electron chi connectivity index (χ2n) is 6.29. The number of hydrogen-bond acceptors (Lipinski definition) is 4. The van der Waals surface area contributed by atoms with Crippen LogP contribution in [0.3, 0.4) is 0 Å². The van der Waals surface area contributed by atoms with Gasteiger partial charge in [-0.25, -0.2) is 0 Å². The third-order valence-corrected chi connectivity index (χ3v) is 4.58. The Morgan fingerprint density at radius 3 is 1.73 bits per heavy atom. The Labute approximate surface area is 149 Å². The number of allylic oxidation sites excluding steroid dienone is 5. The van der Waals surface area contributed by atoms with E-state index in [1.807, 2.05) is 0 Å². The summed E-state index contributed by atoms with van der Waals surface area (Å²) in [4.78, 5) is 37.4. The number of aliphatic hydroxyl groups is 1. The van der Waals surface area contributed by atoms with Crippen molar-refractivity contribution in [1.29, 1.82) is 0 Å². The molecule has 4 nitrogen and oxygen atoms in total. The van der Waals surface area contributed by atoms with E-state index in [2.05, 4.69) is 0 Å². The fraction of sp³-hybridized carbons (Fsp3) is 0.0455. The fourth-order valence-corrected chi connectivity index (χ4v) is 3.32. The van der Waals surface area contributed by atoms with Gasteiger partial charge in [-0.15, -0.1) is 0 Å². The van der Waals surface area contributed by atoms with Gasteiger partial charge in [-0.3, -0.25) is 14.4 Å². The molecule has 0 unspecified atom stereocenters. The summed E-state index contributed by atoms with van der Waals surface area (Å²) in [5.41, 5.74) is 2.49. The standard InChI is InChI=1S/C22H14O4/c1-12(10-17-19(23)13-6-2-3-7-14(13)20(17)24)11-18-21(25)15-8-4-5-9-16(15)22(18)26/h2-11,23H,1H3. The predicted octanol–water partition coefficient (Wildman–Crippen LogP) is 4.10. The third kappa shape index (κ3) is 2.27. The summed E-state index contributed by atoms with van der Waals surface area (Å²) in [5, 5.41) is 10.3. The Morgan fingerprint density at radius 2 is 1.23 bits per heavy atom. The second kappa shape index (κ2) is 5.77. The number of benzene rings is 2. The molecule has 2 aromatic carbocycles. The van der Waals surface area contributed by atoms with Gasteiger partial charge in [-0.05, 0) is 24.6 Å². The van der Waals surface area contributed by atoms with Crippen LogP contribution in [0.2, 0.25) is 0 Å². The molecule has 0 aromatic heterocycles. The Hall–Kier alpha value is -3.53. The minimum Gasteiger partial charge on any atom is -0.507 e. The zero-order valence-electron chi connectivity index (χ0n) is 13.9. The van der Waals surface area contributed by atoms with Crippen molar-refractivity contribution in [3.8, 4) is 0 Å². The molecule has 26 heavy (non-hydrogen) atoms. The first-order valence-corrected chi connectivity index (χ1v) is 8.15. The number of rotatable bonds is 2. The van der Waals surface area contributed by atoms with Crippen LogP contribution >= 0.6 is 0 Å². The van der Waals surface area contributed by atoms with E-state index >= 15 is 0 Å². The molecular weight excluding hydrogens is 328 g/mol. The highest BCUT2D eigenvalue weighted by molar-refractivity contribution is 6.39. The topological polar surface area (TPSA) is 71.4 Å².